The van der Waals surface area contributed by atoms with Gasteiger partial charge in [0.25, 0.3) is 0 Å². The molecule has 0 aromatic heterocycles. The SMILES string of the molecule is [CH3][AlH][CH3].[Ti]. The molecule has 0 radical (unpaired) electrons. The van der Waals surface area contributed by atoms with Gasteiger partial charge in [0.1, 0.15) is 0 Å². The van der Waals surface area contributed by atoms with Crippen LogP contribution >= 0.6 is 0 Å². The summed E-state index contributed by atoms with van der Waals surface area (Å²) in [5, 5.41) is 0. The molecule has 0 aliphatic rings. The Kier molecular flexibility index (Phi) is 19.9. The molecule has 0 amide bonds. The van der Waals surface area contributed by atoms with Crippen LogP contribution in [0.3, 0.4) is 0 Å². The van der Waals surface area contributed by atoms with Crippen molar-refractivity contribution in [1.29, 1.82) is 0 Å². The van der Waals surface area contributed by atoms with Gasteiger partial charge in [0.15, 0.2) is 0 Å². The van der Waals surface area contributed by atoms with Crippen LogP contribution in [0.1, 0.15) is 0 Å². The molecular weight excluding hydrogens is 98.9 g/mol. The molecule has 0 aliphatic heterocycles. The third kappa shape index (κ3) is 10.5. The second-order valence-electron chi connectivity index (χ2n) is 0.707. The Balaban J connectivity index is 0. The first kappa shape index (κ1) is 8.98. The van der Waals surface area contributed by atoms with Crippen LogP contribution in [-0.4, -0.2) is 15.2 Å². The Hall–Kier alpha value is 1.25. The fourth-order valence-electron chi connectivity index (χ4n) is 0. The van der Waals surface area contributed by atoms with Gasteiger partial charge in [0.05, 0.1) is 0 Å². The zero-order valence-corrected chi connectivity index (χ0v) is 6.18. The smallest absolute Gasteiger partial charge is 0.109 e. The van der Waals surface area contributed by atoms with Gasteiger partial charge in [-0.2, -0.15) is 0 Å². The maximum absolute atomic E-state index is 2.26. The van der Waals surface area contributed by atoms with E-state index in [0.29, 0.717) is 15.2 Å². The zero-order valence-electron chi connectivity index (χ0n) is 3.21. The van der Waals surface area contributed by atoms with Gasteiger partial charge in [-0.05, 0) is 0 Å². The number of hydrogen-bond donors (Lipinski definition) is 0. The minimum Gasteiger partial charge on any atom is -0.109 e. The Morgan fingerprint density at radius 2 is 1.25 bits per heavy atom. The van der Waals surface area contributed by atoms with Gasteiger partial charge in [-0.25, -0.2) is 0 Å². The van der Waals surface area contributed by atoms with E-state index in [-0.39, 0.29) is 21.7 Å². The van der Waals surface area contributed by atoms with E-state index in [4.69, 9.17) is 0 Å². The third-order valence-electron chi connectivity index (χ3n) is 0. The molecule has 0 bridgehead atoms. The quantitative estimate of drug-likeness (QED) is 0.395. The molecule has 0 fully saturated rings. The summed E-state index contributed by atoms with van der Waals surface area (Å²) in [4.78, 5) is 0. The van der Waals surface area contributed by atoms with Gasteiger partial charge in [-0.15, -0.1) is 11.6 Å². The average molecular weight is 106 g/mol. The predicted octanol–water partition coefficient (Wildman–Crippen LogP) is 0.517. The molecule has 0 saturated carbocycles. The van der Waals surface area contributed by atoms with Crippen LogP contribution in [0.15, 0.2) is 0 Å². The molecule has 0 aliphatic carbocycles. The van der Waals surface area contributed by atoms with E-state index in [1.165, 1.54) is 0 Å². The van der Waals surface area contributed by atoms with E-state index in [9.17, 15) is 0 Å². The van der Waals surface area contributed by atoms with Gasteiger partial charge < -0.3 is 0 Å². The Morgan fingerprint density at radius 1 is 1.25 bits per heavy atom. The molecule has 4 heavy (non-hydrogen) atoms. The van der Waals surface area contributed by atoms with Crippen LogP contribution in [0, 0.1) is 0 Å². The van der Waals surface area contributed by atoms with E-state index in [1.54, 1.807) is 0 Å². The zero-order chi connectivity index (χ0) is 2.71. The first-order valence-electron chi connectivity index (χ1n) is 1.41. The van der Waals surface area contributed by atoms with Crippen LogP contribution < -0.4 is 0 Å². The van der Waals surface area contributed by atoms with Gasteiger partial charge in [0, 0.05) is 21.7 Å². The van der Waals surface area contributed by atoms with E-state index in [2.05, 4.69) is 11.6 Å². The molecule has 0 nitrogen and oxygen atoms in total. The van der Waals surface area contributed by atoms with E-state index in [1.807, 2.05) is 0 Å². The summed E-state index contributed by atoms with van der Waals surface area (Å²) in [6.45, 7) is 0. The molecule has 0 saturated heterocycles. The molecular formula is C2H7AlTi. The molecule has 0 heterocycles. The van der Waals surface area contributed by atoms with Crippen LogP contribution in [0.25, 0.3) is 0 Å². The van der Waals surface area contributed by atoms with Crippen LogP contribution in [0.4, 0.5) is 0 Å². The molecule has 2 heteroatoms. The molecule has 0 spiro atoms. The van der Waals surface area contributed by atoms with Crippen LogP contribution in [0.5, 0.6) is 0 Å². The van der Waals surface area contributed by atoms with Crippen LogP contribution in [-0.2, 0) is 21.7 Å². The van der Waals surface area contributed by atoms with E-state index in [0.717, 1.165) is 0 Å². The second-order valence-corrected chi connectivity index (χ2v) is 2.12. The van der Waals surface area contributed by atoms with Gasteiger partial charge in [0.2, 0.25) is 15.2 Å². The first-order valence-corrected chi connectivity index (χ1v) is 4.24. The molecule has 0 atom stereocenters. The Labute approximate surface area is 48.6 Å². The van der Waals surface area contributed by atoms with Gasteiger partial charge in [-0.1, -0.05) is 0 Å². The second kappa shape index (κ2) is 8.87. The molecule has 0 aromatic carbocycles. The maximum Gasteiger partial charge on any atom is 0.229 e. The summed E-state index contributed by atoms with van der Waals surface area (Å²) in [5.74, 6) is 4.53. The fourth-order valence-corrected chi connectivity index (χ4v) is 0. The number of hydrogen-bond acceptors (Lipinski definition) is 0. The van der Waals surface area contributed by atoms with Crippen molar-refractivity contribution < 1.29 is 21.7 Å². The van der Waals surface area contributed by atoms with Gasteiger partial charge >= 0.3 is 0 Å². The Morgan fingerprint density at radius 3 is 1.25 bits per heavy atom. The summed E-state index contributed by atoms with van der Waals surface area (Å²) in [6.07, 6.45) is 0. The molecule has 22 valence electrons. The van der Waals surface area contributed by atoms with Crippen molar-refractivity contribution in [2.75, 3.05) is 0 Å². The summed E-state index contributed by atoms with van der Waals surface area (Å²) < 4.78 is 0. The van der Waals surface area contributed by atoms with Crippen molar-refractivity contribution in [2.24, 2.45) is 0 Å². The Bertz CT molecular complexity index is 6.00. The van der Waals surface area contributed by atoms with Crippen molar-refractivity contribution in [3.05, 3.63) is 0 Å². The minimum absolute atomic E-state index is 0. The standard InChI is InChI=1S/2CH3.Al.Ti.H/h2*1H3;;;. The summed E-state index contributed by atoms with van der Waals surface area (Å²) >= 11 is 0.417. The average Bonchev–Trinajstić information content (AvgIpc) is 0.918. The van der Waals surface area contributed by atoms with E-state index < -0.39 is 0 Å². The van der Waals surface area contributed by atoms with Crippen molar-refractivity contribution >= 4 is 15.2 Å². The largest absolute Gasteiger partial charge is 0.229 e. The van der Waals surface area contributed by atoms with Gasteiger partial charge in [-0.3, -0.25) is 0 Å². The molecule has 0 N–H and O–H groups in total. The van der Waals surface area contributed by atoms with Crippen molar-refractivity contribution in [2.45, 2.75) is 11.6 Å². The van der Waals surface area contributed by atoms with Crippen molar-refractivity contribution in [1.82, 2.24) is 0 Å². The summed E-state index contributed by atoms with van der Waals surface area (Å²) in [5.41, 5.74) is 0. The third-order valence-corrected chi connectivity index (χ3v) is 0. The molecule has 0 aromatic rings. The maximum atomic E-state index is 2.26. The monoisotopic (exact) mass is 106 g/mol. The fraction of sp³-hybridized carbons (Fsp3) is 1.00. The normalized spacial score (nSPS) is 3.50. The van der Waals surface area contributed by atoms with Crippen molar-refractivity contribution in [3.8, 4) is 0 Å². The predicted molar refractivity (Wildman–Crippen MR) is 18.9 cm³/mol. The van der Waals surface area contributed by atoms with Crippen molar-refractivity contribution in [3.63, 3.8) is 0 Å². The summed E-state index contributed by atoms with van der Waals surface area (Å²) in [6, 6.07) is 0. The molecule has 0 rings (SSSR count). The summed E-state index contributed by atoms with van der Waals surface area (Å²) in [7, 11) is 0. The first-order chi connectivity index (χ1) is 1.41. The minimum atomic E-state index is 0. The van der Waals surface area contributed by atoms with E-state index >= 15 is 0 Å². The topological polar surface area (TPSA) is 0 Å². The van der Waals surface area contributed by atoms with Crippen LogP contribution in [0.2, 0.25) is 11.6 Å². The number of rotatable bonds is 0. The molecule has 0 unspecified atom stereocenters.